The van der Waals surface area contributed by atoms with Crippen LogP contribution in [-0.4, -0.2) is 35.9 Å². The zero-order chi connectivity index (χ0) is 14.5. The first kappa shape index (κ1) is 14.5. The van der Waals surface area contributed by atoms with Crippen LogP contribution >= 0.6 is 11.3 Å². The van der Waals surface area contributed by atoms with Crippen molar-refractivity contribution >= 4 is 27.5 Å². The molecule has 5 heteroatoms. The van der Waals surface area contributed by atoms with Crippen LogP contribution in [0.2, 0.25) is 0 Å². The number of carbonyl (C=O) groups excluding carboxylic acids is 1. The number of aromatic nitrogens is 1. The predicted octanol–water partition coefficient (Wildman–Crippen LogP) is 2.04. The molecule has 1 amide bonds. The molecule has 4 nitrogen and oxygen atoms in total. The van der Waals surface area contributed by atoms with E-state index in [0.717, 1.165) is 10.5 Å². The summed E-state index contributed by atoms with van der Waals surface area (Å²) in [6, 6.07) is 8.13. The van der Waals surface area contributed by atoms with Gasteiger partial charge in [-0.3, -0.25) is 9.69 Å². The Labute approximate surface area is 122 Å². The zero-order valence-corrected chi connectivity index (χ0v) is 12.4. The first-order valence-electron chi connectivity index (χ1n) is 6.37. The number of thiazole rings is 1. The summed E-state index contributed by atoms with van der Waals surface area (Å²) in [5.41, 5.74) is 1.00. The van der Waals surface area contributed by atoms with Gasteiger partial charge in [-0.1, -0.05) is 18.1 Å². The number of hydrogen-bond donors (Lipinski definition) is 1. The number of para-hydroxylation sites is 1. The van der Waals surface area contributed by atoms with Crippen molar-refractivity contribution in [1.82, 2.24) is 15.2 Å². The van der Waals surface area contributed by atoms with Crippen molar-refractivity contribution in [3.05, 3.63) is 29.3 Å². The summed E-state index contributed by atoms with van der Waals surface area (Å²) in [6.07, 6.45) is 5.11. The molecule has 0 aliphatic rings. The van der Waals surface area contributed by atoms with Crippen LogP contribution in [0.1, 0.15) is 18.0 Å². The lowest BCUT2D eigenvalue weighted by Crippen LogP contribution is -2.36. The molecule has 0 radical (unpaired) electrons. The number of fused-ring (bicyclic) bond motifs is 1. The quantitative estimate of drug-likeness (QED) is 0.856. The molecule has 0 saturated carbocycles. The Morgan fingerprint density at radius 3 is 3.00 bits per heavy atom. The highest BCUT2D eigenvalue weighted by Gasteiger charge is 2.18. The Balaban J connectivity index is 2.04. The number of nitrogens with one attached hydrogen (secondary N) is 1. The van der Waals surface area contributed by atoms with Gasteiger partial charge in [-0.2, -0.15) is 0 Å². The van der Waals surface area contributed by atoms with Gasteiger partial charge in [-0.25, -0.2) is 4.98 Å². The topological polar surface area (TPSA) is 45.2 Å². The van der Waals surface area contributed by atoms with Crippen molar-refractivity contribution in [2.75, 3.05) is 20.1 Å². The van der Waals surface area contributed by atoms with E-state index in [1.54, 1.807) is 11.3 Å². The average molecular weight is 287 g/mol. The van der Waals surface area contributed by atoms with E-state index in [1.165, 1.54) is 4.70 Å². The van der Waals surface area contributed by atoms with Crippen molar-refractivity contribution in [2.45, 2.75) is 13.0 Å². The van der Waals surface area contributed by atoms with Gasteiger partial charge in [0.2, 0.25) is 5.91 Å². The van der Waals surface area contributed by atoms with Gasteiger partial charge in [0.25, 0.3) is 0 Å². The number of terminal acetylenes is 1. The van der Waals surface area contributed by atoms with E-state index in [9.17, 15) is 4.79 Å². The van der Waals surface area contributed by atoms with Crippen LogP contribution in [0.15, 0.2) is 24.3 Å². The van der Waals surface area contributed by atoms with Crippen molar-refractivity contribution in [1.29, 1.82) is 0 Å². The molecule has 1 aromatic carbocycles. The molecule has 1 atom stereocenters. The van der Waals surface area contributed by atoms with Gasteiger partial charge in [0.05, 0.1) is 29.3 Å². The van der Waals surface area contributed by atoms with Crippen LogP contribution < -0.4 is 5.32 Å². The third kappa shape index (κ3) is 3.35. The molecule has 2 rings (SSSR count). The van der Waals surface area contributed by atoms with Crippen LogP contribution in [0.3, 0.4) is 0 Å². The summed E-state index contributed by atoms with van der Waals surface area (Å²) >= 11 is 1.66. The fourth-order valence-electron chi connectivity index (χ4n) is 1.83. The molecule has 20 heavy (non-hydrogen) atoms. The van der Waals surface area contributed by atoms with Gasteiger partial charge >= 0.3 is 0 Å². The van der Waals surface area contributed by atoms with Gasteiger partial charge < -0.3 is 5.32 Å². The highest BCUT2D eigenvalue weighted by molar-refractivity contribution is 7.18. The van der Waals surface area contributed by atoms with Crippen molar-refractivity contribution in [2.24, 2.45) is 0 Å². The number of hydrogen-bond acceptors (Lipinski definition) is 4. The third-order valence-corrected chi connectivity index (χ3v) is 4.32. The molecule has 0 aliphatic carbocycles. The van der Waals surface area contributed by atoms with Crippen molar-refractivity contribution < 1.29 is 4.79 Å². The average Bonchev–Trinajstić information content (AvgIpc) is 2.87. The Kier molecular flexibility index (Phi) is 4.72. The minimum absolute atomic E-state index is 0.0709. The van der Waals surface area contributed by atoms with Crippen LogP contribution in [0.5, 0.6) is 0 Å². The summed E-state index contributed by atoms with van der Waals surface area (Å²) in [5.74, 6) is 2.32. The first-order chi connectivity index (χ1) is 9.61. The minimum atomic E-state index is -0.0709. The highest BCUT2D eigenvalue weighted by atomic mass is 32.1. The minimum Gasteiger partial charge on any atom is -0.344 e. The smallest absolute Gasteiger partial charge is 0.234 e. The maximum absolute atomic E-state index is 11.7. The monoisotopic (exact) mass is 287 g/mol. The third-order valence-electron chi connectivity index (χ3n) is 3.11. The van der Waals surface area contributed by atoms with Crippen LogP contribution in [0, 0.1) is 12.3 Å². The van der Waals surface area contributed by atoms with E-state index >= 15 is 0 Å². The summed E-state index contributed by atoms with van der Waals surface area (Å²) in [5, 5.41) is 3.67. The van der Waals surface area contributed by atoms with Gasteiger partial charge in [0.1, 0.15) is 5.01 Å². The Hall–Kier alpha value is -1.90. The molecule has 0 spiro atoms. The molecule has 0 saturated heterocycles. The van der Waals surface area contributed by atoms with Crippen molar-refractivity contribution in [3.63, 3.8) is 0 Å². The van der Waals surface area contributed by atoms with Crippen molar-refractivity contribution in [3.8, 4) is 12.3 Å². The Morgan fingerprint density at radius 2 is 2.30 bits per heavy atom. The van der Waals surface area contributed by atoms with E-state index in [4.69, 9.17) is 6.42 Å². The number of carbonyl (C=O) groups is 1. The first-order valence-corrected chi connectivity index (χ1v) is 7.19. The van der Waals surface area contributed by atoms with E-state index in [-0.39, 0.29) is 18.5 Å². The fourth-order valence-corrected chi connectivity index (χ4v) is 2.91. The second kappa shape index (κ2) is 6.51. The maximum atomic E-state index is 11.7. The molecular weight excluding hydrogens is 270 g/mol. The highest BCUT2D eigenvalue weighted by Crippen LogP contribution is 2.28. The van der Waals surface area contributed by atoms with E-state index in [0.29, 0.717) is 6.54 Å². The Bertz CT molecular complexity index is 611. The molecule has 1 aromatic heterocycles. The SMILES string of the molecule is C#CCNC(=O)CN(C)[C@@H](C)c1nc2ccccc2s1. The molecule has 0 unspecified atom stereocenters. The largest absolute Gasteiger partial charge is 0.344 e. The number of benzene rings is 1. The van der Waals surface area contributed by atoms with Crippen LogP contribution in [0.4, 0.5) is 0 Å². The molecular formula is C15H17N3OS. The second-order valence-electron chi connectivity index (χ2n) is 4.59. The number of rotatable bonds is 5. The number of amides is 1. The lowest BCUT2D eigenvalue weighted by atomic mass is 10.3. The molecule has 104 valence electrons. The summed E-state index contributed by atoms with van der Waals surface area (Å²) in [6.45, 7) is 2.62. The van der Waals surface area contributed by atoms with E-state index in [1.807, 2.05) is 37.1 Å². The Morgan fingerprint density at radius 1 is 1.55 bits per heavy atom. The predicted molar refractivity (Wildman–Crippen MR) is 82.5 cm³/mol. The van der Waals surface area contributed by atoms with Gasteiger partial charge in [-0.05, 0) is 26.1 Å². The molecule has 0 aliphatic heterocycles. The molecule has 0 bridgehead atoms. The summed E-state index contributed by atoms with van der Waals surface area (Å²) in [7, 11) is 1.91. The second-order valence-corrected chi connectivity index (χ2v) is 5.65. The van der Waals surface area contributed by atoms with E-state index in [2.05, 4.69) is 22.3 Å². The molecule has 1 heterocycles. The number of nitrogens with zero attached hydrogens (tertiary/aromatic N) is 2. The summed E-state index contributed by atoms with van der Waals surface area (Å²) < 4.78 is 1.17. The number of likely N-dealkylation sites (N-methyl/N-ethyl adjacent to an activating group) is 1. The van der Waals surface area contributed by atoms with Gasteiger partial charge in [0.15, 0.2) is 0 Å². The fraction of sp³-hybridized carbons (Fsp3) is 0.333. The van der Waals surface area contributed by atoms with Gasteiger partial charge in [0, 0.05) is 0 Å². The maximum Gasteiger partial charge on any atom is 0.234 e. The lowest BCUT2D eigenvalue weighted by molar-refractivity contribution is -0.122. The molecule has 0 fully saturated rings. The van der Waals surface area contributed by atoms with Gasteiger partial charge in [-0.15, -0.1) is 17.8 Å². The van der Waals surface area contributed by atoms with Crippen LogP contribution in [0.25, 0.3) is 10.2 Å². The normalized spacial score (nSPS) is 12.3. The molecule has 1 N–H and O–H groups in total. The summed E-state index contributed by atoms with van der Waals surface area (Å²) in [4.78, 5) is 18.2. The van der Waals surface area contributed by atoms with E-state index < -0.39 is 0 Å². The lowest BCUT2D eigenvalue weighted by Gasteiger charge is -2.21. The van der Waals surface area contributed by atoms with Crippen LogP contribution in [-0.2, 0) is 4.79 Å². The standard InChI is InChI=1S/C15H17N3OS/c1-4-9-16-14(19)10-18(3)11(2)15-17-12-7-5-6-8-13(12)20-15/h1,5-8,11H,9-10H2,2-3H3,(H,16,19)/t11-/m0/s1. The molecule has 2 aromatic rings. The zero-order valence-electron chi connectivity index (χ0n) is 11.6.